The molecular formula is C15H19NO3S. The number of hydrogen-bond acceptors (Lipinski definition) is 4. The van der Waals surface area contributed by atoms with Crippen molar-refractivity contribution in [2.45, 2.75) is 5.75 Å². The number of fused-ring (bicyclic) bond motifs is 1. The predicted octanol–water partition coefficient (Wildman–Crippen LogP) is 1.73. The maximum absolute atomic E-state index is 12.1. The van der Waals surface area contributed by atoms with Crippen molar-refractivity contribution in [3.63, 3.8) is 0 Å². The average molecular weight is 293 g/mol. The Balaban J connectivity index is 2.11. The minimum absolute atomic E-state index is 0.0240. The average Bonchev–Trinajstić information content (AvgIpc) is 2.44. The first-order chi connectivity index (χ1) is 9.62. The van der Waals surface area contributed by atoms with E-state index in [1.807, 2.05) is 42.5 Å². The summed E-state index contributed by atoms with van der Waals surface area (Å²) < 4.78 is 29.3. The van der Waals surface area contributed by atoms with Crippen LogP contribution >= 0.6 is 0 Å². The van der Waals surface area contributed by atoms with Crippen LogP contribution in [0.5, 0.6) is 0 Å². The highest BCUT2D eigenvalue weighted by atomic mass is 32.2. The van der Waals surface area contributed by atoms with E-state index in [-0.39, 0.29) is 18.1 Å². The van der Waals surface area contributed by atoms with Crippen LogP contribution in [0.15, 0.2) is 42.5 Å². The van der Waals surface area contributed by atoms with Crippen LogP contribution in [0.4, 0.5) is 0 Å². The lowest BCUT2D eigenvalue weighted by Gasteiger charge is -2.08. The standard InChI is InChI=1S/C15H19NO3S/c16-8-9-19-10-11-20(17,18)12-14-6-3-5-13-4-1-2-7-15(13)14/h1-7H,8-12,16H2. The van der Waals surface area contributed by atoms with E-state index in [4.69, 9.17) is 10.5 Å². The molecule has 0 heterocycles. The zero-order valence-electron chi connectivity index (χ0n) is 11.3. The third kappa shape index (κ3) is 4.03. The molecule has 5 heteroatoms. The first kappa shape index (κ1) is 15.0. The zero-order valence-corrected chi connectivity index (χ0v) is 12.1. The Kier molecular flexibility index (Phi) is 5.11. The second-order valence-corrected chi connectivity index (χ2v) is 6.82. The fourth-order valence-electron chi connectivity index (χ4n) is 2.10. The van der Waals surface area contributed by atoms with Crippen LogP contribution in [0, 0.1) is 0 Å². The third-order valence-corrected chi connectivity index (χ3v) is 4.60. The fraction of sp³-hybridized carbons (Fsp3) is 0.333. The molecule has 2 N–H and O–H groups in total. The van der Waals surface area contributed by atoms with Crippen molar-refractivity contribution in [1.82, 2.24) is 0 Å². The van der Waals surface area contributed by atoms with E-state index in [1.165, 1.54) is 0 Å². The number of benzene rings is 2. The minimum atomic E-state index is -3.17. The summed E-state index contributed by atoms with van der Waals surface area (Å²) in [5.41, 5.74) is 6.12. The zero-order chi connectivity index (χ0) is 14.4. The Morgan fingerprint density at radius 2 is 1.75 bits per heavy atom. The SMILES string of the molecule is NCCOCCS(=O)(=O)Cc1cccc2ccccc12. The number of nitrogens with two attached hydrogens (primary N) is 1. The van der Waals surface area contributed by atoms with Gasteiger partial charge in [-0.05, 0) is 16.3 Å². The van der Waals surface area contributed by atoms with Gasteiger partial charge in [0.05, 0.1) is 24.7 Å². The Morgan fingerprint density at radius 1 is 1.00 bits per heavy atom. The summed E-state index contributed by atoms with van der Waals surface area (Å²) in [6.07, 6.45) is 0. The Bertz CT molecular complexity index is 662. The Morgan fingerprint density at radius 3 is 2.55 bits per heavy atom. The van der Waals surface area contributed by atoms with E-state index < -0.39 is 9.84 Å². The van der Waals surface area contributed by atoms with Crippen molar-refractivity contribution in [3.05, 3.63) is 48.0 Å². The maximum atomic E-state index is 12.1. The molecule has 2 aromatic rings. The first-order valence-electron chi connectivity index (χ1n) is 6.57. The first-order valence-corrected chi connectivity index (χ1v) is 8.39. The summed E-state index contributed by atoms with van der Waals surface area (Å²) in [5, 5.41) is 2.04. The van der Waals surface area contributed by atoms with Crippen molar-refractivity contribution in [2.75, 3.05) is 25.5 Å². The van der Waals surface area contributed by atoms with E-state index in [0.717, 1.165) is 16.3 Å². The maximum Gasteiger partial charge on any atom is 0.156 e. The molecule has 0 atom stereocenters. The van der Waals surface area contributed by atoms with Gasteiger partial charge in [-0.15, -0.1) is 0 Å². The molecule has 0 fully saturated rings. The summed E-state index contributed by atoms with van der Waals surface area (Å²) >= 11 is 0. The Hall–Kier alpha value is -1.43. The van der Waals surface area contributed by atoms with E-state index in [0.29, 0.717) is 13.2 Å². The molecule has 0 radical (unpaired) electrons. The summed E-state index contributed by atoms with van der Waals surface area (Å²) in [7, 11) is -3.17. The van der Waals surface area contributed by atoms with Crippen LogP contribution in [0.25, 0.3) is 10.8 Å². The van der Waals surface area contributed by atoms with Gasteiger partial charge < -0.3 is 10.5 Å². The van der Waals surface area contributed by atoms with Gasteiger partial charge in [0.2, 0.25) is 0 Å². The molecule has 4 nitrogen and oxygen atoms in total. The highest BCUT2D eigenvalue weighted by molar-refractivity contribution is 7.90. The number of ether oxygens (including phenoxy) is 1. The summed E-state index contributed by atoms with van der Waals surface area (Å²) in [6.45, 7) is 0.997. The van der Waals surface area contributed by atoms with Crippen molar-refractivity contribution in [2.24, 2.45) is 5.73 Å². The van der Waals surface area contributed by atoms with Crippen molar-refractivity contribution >= 4 is 20.6 Å². The lowest BCUT2D eigenvalue weighted by atomic mass is 10.1. The second-order valence-electron chi connectivity index (χ2n) is 4.63. The highest BCUT2D eigenvalue weighted by Crippen LogP contribution is 2.20. The van der Waals surface area contributed by atoms with Gasteiger partial charge in [0.25, 0.3) is 0 Å². The van der Waals surface area contributed by atoms with E-state index in [9.17, 15) is 8.42 Å². The van der Waals surface area contributed by atoms with Gasteiger partial charge in [-0.25, -0.2) is 8.42 Å². The van der Waals surface area contributed by atoms with Crippen LogP contribution in [0.2, 0.25) is 0 Å². The molecule has 0 spiro atoms. The van der Waals surface area contributed by atoms with Crippen molar-refractivity contribution in [1.29, 1.82) is 0 Å². The van der Waals surface area contributed by atoms with E-state index in [1.54, 1.807) is 0 Å². The third-order valence-electron chi connectivity index (χ3n) is 3.06. The van der Waals surface area contributed by atoms with Gasteiger partial charge in [-0.3, -0.25) is 0 Å². The number of rotatable bonds is 7. The molecule has 0 aromatic heterocycles. The van der Waals surface area contributed by atoms with Crippen LogP contribution < -0.4 is 5.73 Å². The highest BCUT2D eigenvalue weighted by Gasteiger charge is 2.13. The van der Waals surface area contributed by atoms with Gasteiger partial charge in [0.15, 0.2) is 9.84 Å². The van der Waals surface area contributed by atoms with E-state index in [2.05, 4.69) is 0 Å². The summed E-state index contributed by atoms with van der Waals surface area (Å²) in [6, 6.07) is 13.5. The predicted molar refractivity (Wildman–Crippen MR) is 81.3 cm³/mol. The van der Waals surface area contributed by atoms with Gasteiger partial charge in [0, 0.05) is 6.54 Å². The molecule has 0 bridgehead atoms. The molecule has 2 aromatic carbocycles. The Labute approximate surface area is 119 Å². The molecule has 0 saturated carbocycles. The van der Waals surface area contributed by atoms with Crippen LogP contribution in [0.1, 0.15) is 5.56 Å². The number of sulfone groups is 1. The number of hydrogen-bond donors (Lipinski definition) is 1. The van der Waals surface area contributed by atoms with Crippen LogP contribution in [0.3, 0.4) is 0 Å². The summed E-state index contributed by atoms with van der Waals surface area (Å²) in [5.74, 6) is 0.0660. The molecule has 2 rings (SSSR count). The summed E-state index contributed by atoms with van der Waals surface area (Å²) in [4.78, 5) is 0. The smallest absolute Gasteiger partial charge is 0.156 e. The second kappa shape index (κ2) is 6.83. The van der Waals surface area contributed by atoms with Gasteiger partial charge in [-0.1, -0.05) is 42.5 Å². The molecule has 0 amide bonds. The van der Waals surface area contributed by atoms with Crippen LogP contribution in [-0.2, 0) is 20.3 Å². The quantitative estimate of drug-likeness (QED) is 0.789. The topological polar surface area (TPSA) is 69.4 Å². The van der Waals surface area contributed by atoms with Crippen molar-refractivity contribution in [3.8, 4) is 0 Å². The molecule has 0 aliphatic heterocycles. The van der Waals surface area contributed by atoms with Gasteiger partial charge >= 0.3 is 0 Å². The molecule has 0 unspecified atom stereocenters. The molecular weight excluding hydrogens is 274 g/mol. The van der Waals surface area contributed by atoms with Crippen LogP contribution in [-0.4, -0.2) is 33.9 Å². The molecule has 0 saturated heterocycles. The fourth-order valence-corrected chi connectivity index (χ4v) is 3.34. The minimum Gasteiger partial charge on any atom is -0.379 e. The lowest BCUT2D eigenvalue weighted by molar-refractivity contribution is 0.157. The van der Waals surface area contributed by atoms with Gasteiger partial charge in [0.1, 0.15) is 0 Å². The molecule has 20 heavy (non-hydrogen) atoms. The molecule has 0 aliphatic rings. The largest absolute Gasteiger partial charge is 0.379 e. The van der Waals surface area contributed by atoms with Crippen molar-refractivity contribution < 1.29 is 13.2 Å². The molecule has 0 aliphatic carbocycles. The monoisotopic (exact) mass is 293 g/mol. The molecule has 108 valence electrons. The lowest BCUT2D eigenvalue weighted by Crippen LogP contribution is -2.17. The normalized spacial score (nSPS) is 11.8. The van der Waals surface area contributed by atoms with E-state index >= 15 is 0 Å². The van der Waals surface area contributed by atoms with Gasteiger partial charge in [-0.2, -0.15) is 0 Å².